The lowest BCUT2D eigenvalue weighted by Gasteiger charge is -2.04. The van der Waals surface area contributed by atoms with Gasteiger partial charge in [-0.15, -0.1) is 0 Å². The molecule has 0 unspecified atom stereocenters. The third-order valence-electron chi connectivity index (χ3n) is 2.16. The van der Waals surface area contributed by atoms with Crippen LogP contribution in [0.3, 0.4) is 0 Å². The third-order valence-corrected chi connectivity index (χ3v) is 2.16. The van der Waals surface area contributed by atoms with Crippen LogP contribution in [-0.4, -0.2) is 50.2 Å². The van der Waals surface area contributed by atoms with Gasteiger partial charge in [0.1, 0.15) is 0 Å². The molecule has 6 heteroatoms. The monoisotopic (exact) mass is 243 g/mol. The predicted molar refractivity (Wildman–Crippen MR) is 62.9 cm³/mol. The lowest BCUT2D eigenvalue weighted by atomic mass is 10.4. The Kier molecular flexibility index (Phi) is 7.53. The minimum Gasteiger partial charge on any atom is -0.382 e. The molecule has 0 radical (unpaired) electrons. The summed E-state index contributed by atoms with van der Waals surface area (Å²) in [5.74, 6) is 1.37. The molecule has 0 aromatic carbocycles. The number of methoxy groups -OCH3 is 1. The lowest BCUT2D eigenvalue weighted by Crippen LogP contribution is -2.20. The summed E-state index contributed by atoms with van der Waals surface area (Å²) in [6, 6.07) is 0. The maximum absolute atomic E-state index is 5.34. The van der Waals surface area contributed by atoms with E-state index >= 15 is 0 Å². The summed E-state index contributed by atoms with van der Waals surface area (Å²) in [4.78, 5) is 4.12. The summed E-state index contributed by atoms with van der Waals surface area (Å²) >= 11 is 0. The van der Waals surface area contributed by atoms with E-state index in [0.29, 0.717) is 24.9 Å². The second-order valence-electron chi connectivity index (χ2n) is 3.69. The summed E-state index contributed by atoms with van der Waals surface area (Å²) in [6.45, 7) is 5.68. The molecule has 0 spiro atoms. The van der Waals surface area contributed by atoms with E-state index in [9.17, 15) is 0 Å². The Bertz CT molecular complexity index is 291. The van der Waals surface area contributed by atoms with Gasteiger partial charge in [-0.25, -0.2) is 0 Å². The van der Waals surface area contributed by atoms with Crippen molar-refractivity contribution in [2.45, 2.75) is 19.8 Å². The van der Waals surface area contributed by atoms with Crippen LogP contribution < -0.4 is 5.32 Å². The van der Waals surface area contributed by atoms with Gasteiger partial charge in [-0.3, -0.25) is 0 Å². The fraction of sp³-hybridized carbons (Fsp3) is 0.818. The molecule has 0 bridgehead atoms. The first-order chi connectivity index (χ1) is 8.33. The Morgan fingerprint density at radius 3 is 2.82 bits per heavy atom. The van der Waals surface area contributed by atoms with Crippen molar-refractivity contribution in [3.05, 3.63) is 11.7 Å². The average molecular weight is 243 g/mol. The second kappa shape index (κ2) is 9.09. The van der Waals surface area contributed by atoms with Crippen molar-refractivity contribution >= 4 is 0 Å². The molecule has 0 aliphatic carbocycles. The molecular weight excluding hydrogens is 222 g/mol. The van der Waals surface area contributed by atoms with Crippen LogP contribution in [0.2, 0.25) is 0 Å². The molecule has 1 rings (SSSR count). The number of aryl methyl sites for hydroxylation is 1. The highest BCUT2D eigenvalue weighted by atomic mass is 16.5. The zero-order valence-corrected chi connectivity index (χ0v) is 10.6. The quantitative estimate of drug-likeness (QED) is 0.606. The van der Waals surface area contributed by atoms with Crippen LogP contribution in [-0.2, 0) is 15.9 Å². The number of nitrogens with one attached hydrogen (secondary N) is 1. The van der Waals surface area contributed by atoms with Crippen molar-refractivity contribution in [3.63, 3.8) is 0 Å². The van der Waals surface area contributed by atoms with Gasteiger partial charge < -0.3 is 19.3 Å². The fourth-order valence-corrected chi connectivity index (χ4v) is 1.31. The van der Waals surface area contributed by atoms with Crippen LogP contribution in [0.25, 0.3) is 0 Å². The number of aromatic nitrogens is 2. The second-order valence-corrected chi connectivity index (χ2v) is 3.69. The molecule has 1 aromatic rings. The van der Waals surface area contributed by atoms with Crippen molar-refractivity contribution < 1.29 is 14.0 Å². The van der Waals surface area contributed by atoms with E-state index in [0.717, 1.165) is 32.5 Å². The van der Waals surface area contributed by atoms with Crippen LogP contribution in [0.15, 0.2) is 4.52 Å². The van der Waals surface area contributed by atoms with Gasteiger partial charge in [-0.05, 0) is 19.9 Å². The van der Waals surface area contributed by atoms with E-state index in [-0.39, 0.29) is 0 Å². The zero-order chi connectivity index (χ0) is 12.3. The van der Waals surface area contributed by atoms with E-state index in [1.165, 1.54) is 0 Å². The predicted octanol–water partition coefficient (Wildman–Crippen LogP) is 0.563. The normalized spacial score (nSPS) is 10.9. The third kappa shape index (κ3) is 7.04. The number of hydrogen-bond acceptors (Lipinski definition) is 6. The molecule has 0 saturated heterocycles. The SMILES string of the molecule is COCCOCCCNCCc1nc(C)no1. The Morgan fingerprint density at radius 1 is 1.24 bits per heavy atom. The van der Waals surface area contributed by atoms with Gasteiger partial charge in [-0.2, -0.15) is 4.98 Å². The average Bonchev–Trinajstić information content (AvgIpc) is 2.73. The highest BCUT2D eigenvalue weighted by molar-refractivity contribution is 4.83. The first-order valence-electron chi connectivity index (χ1n) is 5.89. The summed E-state index contributed by atoms with van der Waals surface area (Å²) in [5.41, 5.74) is 0. The maximum Gasteiger partial charge on any atom is 0.227 e. The first kappa shape index (κ1) is 14.1. The van der Waals surface area contributed by atoms with Gasteiger partial charge in [0.2, 0.25) is 5.89 Å². The topological polar surface area (TPSA) is 69.4 Å². The van der Waals surface area contributed by atoms with Crippen molar-refractivity contribution in [1.29, 1.82) is 0 Å². The van der Waals surface area contributed by atoms with E-state index in [4.69, 9.17) is 14.0 Å². The molecule has 98 valence electrons. The minimum atomic E-state index is 0.657. The molecule has 0 atom stereocenters. The molecule has 6 nitrogen and oxygen atoms in total. The van der Waals surface area contributed by atoms with Crippen molar-refractivity contribution in [3.8, 4) is 0 Å². The van der Waals surface area contributed by atoms with Crippen molar-refractivity contribution in [2.24, 2.45) is 0 Å². The van der Waals surface area contributed by atoms with Crippen LogP contribution in [0.4, 0.5) is 0 Å². The van der Waals surface area contributed by atoms with Crippen LogP contribution in [0, 0.1) is 6.92 Å². The molecule has 0 aliphatic rings. The van der Waals surface area contributed by atoms with Gasteiger partial charge in [0.25, 0.3) is 0 Å². The first-order valence-corrected chi connectivity index (χ1v) is 5.89. The Balaban J connectivity index is 1.84. The summed E-state index contributed by atoms with van der Waals surface area (Å²) in [7, 11) is 1.67. The summed E-state index contributed by atoms with van der Waals surface area (Å²) < 4.78 is 15.2. The molecular formula is C11H21N3O3. The van der Waals surface area contributed by atoms with E-state index < -0.39 is 0 Å². The molecule has 0 saturated carbocycles. The Labute approximate surface area is 102 Å². The molecule has 0 amide bonds. The Morgan fingerprint density at radius 2 is 2.12 bits per heavy atom. The van der Waals surface area contributed by atoms with Gasteiger partial charge in [0.15, 0.2) is 5.82 Å². The van der Waals surface area contributed by atoms with E-state index in [1.54, 1.807) is 7.11 Å². The summed E-state index contributed by atoms with van der Waals surface area (Å²) in [5, 5.41) is 7.02. The van der Waals surface area contributed by atoms with Crippen LogP contribution in [0.1, 0.15) is 18.1 Å². The largest absolute Gasteiger partial charge is 0.382 e. The molecule has 1 N–H and O–H groups in total. The van der Waals surface area contributed by atoms with Gasteiger partial charge >= 0.3 is 0 Å². The highest BCUT2D eigenvalue weighted by Gasteiger charge is 2.00. The maximum atomic E-state index is 5.34. The van der Waals surface area contributed by atoms with Gasteiger partial charge in [-0.1, -0.05) is 5.16 Å². The van der Waals surface area contributed by atoms with E-state index in [2.05, 4.69) is 15.5 Å². The van der Waals surface area contributed by atoms with Crippen molar-refractivity contribution in [1.82, 2.24) is 15.5 Å². The number of rotatable bonds is 10. The number of hydrogen-bond donors (Lipinski definition) is 1. The minimum absolute atomic E-state index is 0.657. The molecule has 0 fully saturated rings. The molecule has 0 aliphatic heterocycles. The fourth-order valence-electron chi connectivity index (χ4n) is 1.31. The zero-order valence-electron chi connectivity index (χ0n) is 10.6. The highest BCUT2D eigenvalue weighted by Crippen LogP contribution is 1.95. The van der Waals surface area contributed by atoms with Gasteiger partial charge in [0, 0.05) is 26.7 Å². The summed E-state index contributed by atoms with van der Waals surface area (Å²) in [6.07, 6.45) is 1.76. The lowest BCUT2D eigenvalue weighted by molar-refractivity contribution is 0.0695. The molecule has 1 heterocycles. The molecule has 1 aromatic heterocycles. The smallest absolute Gasteiger partial charge is 0.227 e. The van der Waals surface area contributed by atoms with E-state index in [1.807, 2.05) is 6.92 Å². The molecule has 17 heavy (non-hydrogen) atoms. The number of nitrogens with zero attached hydrogens (tertiary/aromatic N) is 2. The van der Waals surface area contributed by atoms with Crippen LogP contribution in [0.5, 0.6) is 0 Å². The number of ether oxygens (including phenoxy) is 2. The van der Waals surface area contributed by atoms with Crippen molar-refractivity contribution in [2.75, 3.05) is 40.0 Å². The van der Waals surface area contributed by atoms with Gasteiger partial charge in [0.05, 0.1) is 13.2 Å². The standard InChI is InChI=1S/C11H21N3O3/c1-10-13-11(17-14-10)4-6-12-5-3-7-16-9-8-15-2/h12H,3-9H2,1-2H3. The Hall–Kier alpha value is -0.980. The van der Waals surface area contributed by atoms with Crippen LogP contribution >= 0.6 is 0 Å².